The Morgan fingerprint density at radius 1 is 0.933 bits per heavy atom. The Hall–Kier alpha value is -5.44. The van der Waals surface area contributed by atoms with Gasteiger partial charge in [0.1, 0.15) is 46.0 Å². The molecule has 1 aliphatic heterocycles. The van der Waals surface area contributed by atoms with E-state index in [4.69, 9.17) is 36.3 Å². The number of aryl methyl sites for hydroxylation is 2. The first kappa shape index (κ1) is 45.6. The molecule has 3 amide bonds. The van der Waals surface area contributed by atoms with E-state index in [2.05, 4.69) is 40.7 Å². The number of anilines is 5. The van der Waals surface area contributed by atoms with E-state index in [0.29, 0.717) is 71.4 Å². The predicted octanol–water partition coefficient (Wildman–Crippen LogP) is 4.56. The molecule has 4 aromatic rings. The number of rotatable bonds is 23. The first-order chi connectivity index (χ1) is 28.9. The van der Waals surface area contributed by atoms with Gasteiger partial charge in [-0.3, -0.25) is 24.1 Å². The van der Waals surface area contributed by atoms with Crippen molar-refractivity contribution in [1.82, 2.24) is 19.9 Å². The van der Waals surface area contributed by atoms with Gasteiger partial charge in [-0.05, 0) is 44.0 Å². The van der Waals surface area contributed by atoms with Crippen LogP contribution in [0, 0.1) is 13.8 Å². The number of hydrogen-bond acceptors (Lipinski definition) is 16. The number of amides is 3. The summed E-state index contributed by atoms with van der Waals surface area (Å²) in [7, 11) is 1.33. The van der Waals surface area contributed by atoms with Gasteiger partial charge in [-0.2, -0.15) is 0 Å². The molecule has 0 spiro atoms. The van der Waals surface area contributed by atoms with Gasteiger partial charge in [-0.15, -0.1) is 0 Å². The number of primary amides is 1. The standard InChI is InChI=1S/C40H50ClN9O9S/c1-25-6-4-8-28(41)36(25)48-39(55)31-23-43-40(60-31)47-32-22-33(45-26(2)44-32)50-14-12-49(13-15-50)16-19-58-18-11-27(51)7-5-17-57-20-21-59-24-34(52)46-29-9-10-30(56-3)35(37(29)53)38(42)54/h4,6,8-10,22-23,53H,5,7,11-21,24H2,1-3H3,(H2,42,54)(H,46,52)(H,48,55)(H,43,44,45,47). The molecule has 1 fully saturated rings. The zero-order valence-corrected chi connectivity index (χ0v) is 35.3. The lowest BCUT2D eigenvalue weighted by Crippen LogP contribution is -2.47. The quantitative estimate of drug-likeness (QED) is 0.0508. The van der Waals surface area contributed by atoms with Crippen LogP contribution >= 0.6 is 22.9 Å². The molecule has 60 heavy (non-hydrogen) atoms. The summed E-state index contributed by atoms with van der Waals surface area (Å²) in [5.74, 6) is -0.0516. The van der Waals surface area contributed by atoms with Crippen LogP contribution in [0.25, 0.3) is 0 Å². The van der Waals surface area contributed by atoms with Gasteiger partial charge in [0, 0.05) is 58.2 Å². The molecule has 0 saturated carbocycles. The van der Waals surface area contributed by atoms with Crippen molar-refractivity contribution in [3.8, 4) is 11.5 Å². The van der Waals surface area contributed by atoms with E-state index in [9.17, 15) is 24.3 Å². The van der Waals surface area contributed by atoms with Crippen molar-refractivity contribution in [2.24, 2.45) is 5.73 Å². The number of thiazole rings is 1. The summed E-state index contributed by atoms with van der Waals surface area (Å²) >= 11 is 7.49. The third-order valence-electron chi connectivity index (χ3n) is 9.25. The Kier molecular flexibility index (Phi) is 17.3. The monoisotopic (exact) mass is 867 g/mol. The molecule has 6 N–H and O–H groups in total. The van der Waals surface area contributed by atoms with Crippen LogP contribution in [0.1, 0.15) is 50.7 Å². The van der Waals surface area contributed by atoms with Crippen molar-refractivity contribution in [1.29, 1.82) is 0 Å². The third-order valence-corrected chi connectivity index (χ3v) is 10.5. The van der Waals surface area contributed by atoms with Crippen molar-refractivity contribution in [2.75, 3.05) is 100 Å². The van der Waals surface area contributed by atoms with Crippen LogP contribution < -0.4 is 31.3 Å². The average Bonchev–Trinajstić information content (AvgIpc) is 3.69. The van der Waals surface area contributed by atoms with Gasteiger partial charge in [0.25, 0.3) is 11.8 Å². The van der Waals surface area contributed by atoms with Crippen molar-refractivity contribution in [3.05, 3.63) is 69.4 Å². The zero-order valence-electron chi connectivity index (χ0n) is 33.8. The maximum absolute atomic E-state index is 12.9. The molecule has 18 nitrogen and oxygen atoms in total. The van der Waals surface area contributed by atoms with Gasteiger partial charge in [-0.1, -0.05) is 35.1 Å². The maximum atomic E-state index is 12.9. The second kappa shape index (κ2) is 22.8. The topological polar surface area (TPSA) is 233 Å². The van der Waals surface area contributed by atoms with Crippen molar-refractivity contribution in [3.63, 3.8) is 0 Å². The van der Waals surface area contributed by atoms with E-state index in [0.717, 1.165) is 44.1 Å². The highest BCUT2D eigenvalue weighted by atomic mass is 35.5. The number of aromatic hydroxyl groups is 1. The van der Waals surface area contributed by atoms with Crippen LogP contribution in [0.2, 0.25) is 5.02 Å². The second-order valence-electron chi connectivity index (χ2n) is 13.6. The summed E-state index contributed by atoms with van der Waals surface area (Å²) in [5.41, 5.74) is 6.50. The molecule has 3 heterocycles. The minimum Gasteiger partial charge on any atom is -0.505 e. The largest absolute Gasteiger partial charge is 0.505 e. The highest BCUT2D eigenvalue weighted by Gasteiger charge is 2.21. The maximum Gasteiger partial charge on any atom is 0.267 e. The van der Waals surface area contributed by atoms with Crippen LogP contribution in [0.15, 0.2) is 42.6 Å². The number of nitrogens with two attached hydrogens (primary N) is 1. The van der Waals surface area contributed by atoms with Gasteiger partial charge in [0.05, 0.1) is 56.1 Å². The predicted molar refractivity (Wildman–Crippen MR) is 228 cm³/mol. The van der Waals surface area contributed by atoms with Crippen molar-refractivity contribution >= 4 is 74.6 Å². The molecule has 0 bridgehead atoms. The summed E-state index contributed by atoms with van der Waals surface area (Å²) in [6, 6.07) is 10.1. The number of Topliss-reactive ketones (excluding diaryl/α,β-unsaturated/α-hetero) is 1. The molecule has 20 heteroatoms. The Labute approximate surface area is 356 Å². The van der Waals surface area contributed by atoms with Crippen LogP contribution in [0.4, 0.5) is 28.1 Å². The molecule has 2 aromatic carbocycles. The Morgan fingerprint density at radius 2 is 1.70 bits per heavy atom. The molecule has 0 atom stereocenters. The van der Waals surface area contributed by atoms with Crippen molar-refractivity contribution in [2.45, 2.75) is 33.1 Å². The Balaban J connectivity index is 0.894. The van der Waals surface area contributed by atoms with E-state index in [1.807, 2.05) is 32.0 Å². The number of hydrogen-bond donors (Lipinski definition) is 5. The van der Waals surface area contributed by atoms with Crippen LogP contribution in [0.3, 0.4) is 0 Å². The lowest BCUT2D eigenvalue weighted by atomic mass is 10.1. The first-order valence-corrected chi connectivity index (χ1v) is 20.5. The lowest BCUT2D eigenvalue weighted by Gasteiger charge is -2.35. The summed E-state index contributed by atoms with van der Waals surface area (Å²) in [6.45, 7) is 9.01. The number of halogens is 1. The summed E-state index contributed by atoms with van der Waals surface area (Å²) in [5, 5.41) is 19.8. The van der Waals surface area contributed by atoms with Gasteiger partial charge in [0.2, 0.25) is 5.91 Å². The molecule has 0 unspecified atom stereocenters. The minimum atomic E-state index is -0.899. The fraction of sp³-hybridized carbons (Fsp3) is 0.425. The van der Waals surface area contributed by atoms with Crippen LogP contribution in [-0.2, 0) is 23.8 Å². The van der Waals surface area contributed by atoms with Gasteiger partial charge in [0.15, 0.2) is 10.9 Å². The number of phenols is 1. The number of aromatic nitrogens is 3. The normalized spacial score (nSPS) is 12.9. The lowest BCUT2D eigenvalue weighted by molar-refractivity contribution is -0.122. The number of nitrogens with zero attached hydrogens (tertiary/aromatic N) is 5. The first-order valence-electron chi connectivity index (χ1n) is 19.3. The van der Waals surface area contributed by atoms with E-state index >= 15 is 0 Å². The molecular weight excluding hydrogens is 818 g/mol. The summed E-state index contributed by atoms with van der Waals surface area (Å²) < 4.78 is 21.6. The van der Waals surface area contributed by atoms with Crippen molar-refractivity contribution < 1.29 is 43.2 Å². The Morgan fingerprint density at radius 3 is 2.45 bits per heavy atom. The fourth-order valence-corrected chi connectivity index (χ4v) is 7.11. The number of methoxy groups -OCH3 is 1. The number of carbonyl (C=O) groups excluding carboxylic acids is 4. The average molecular weight is 868 g/mol. The Bertz CT molecular complexity index is 2090. The number of ketones is 1. The molecule has 0 aliphatic carbocycles. The second-order valence-corrected chi connectivity index (χ2v) is 15.1. The SMILES string of the molecule is COc1ccc(NC(=O)COCCOCCCC(=O)CCOCCN2CCN(c3cc(Nc4ncc(C(=O)Nc5c(C)cccc5Cl)s4)nc(C)n3)CC2)c(O)c1C(N)=O. The molecule has 1 saturated heterocycles. The molecule has 5 rings (SSSR count). The number of piperazine rings is 1. The fourth-order valence-electron chi connectivity index (χ4n) is 6.12. The summed E-state index contributed by atoms with van der Waals surface area (Å²) in [4.78, 5) is 67.5. The third kappa shape index (κ3) is 13.5. The van der Waals surface area contributed by atoms with Gasteiger partial charge < -0.3 is 50.6 Å². The molecule has 322 valence electrons. The number of nitrogens with one attached hydrogen (secondary N) is 3. The van der Waals surface area contributed by atoms with Crippen LogP contribution in [-0.4, -0.2) is 128 Å². The van der Waals surface area contributed by atoms with E-state index in [-0.39, 0.29) is 48.5 Å². The van der Waals surface area contributed by atoms with E-state index in [1.54, 1.807) is 6.07 Å². The minimum absolute atomic E-state index is 0.00115. The van der Waals surface area contributed by atoms with E-state index in [1.165, 1.54) is 36.8 Å². The number of ether oxygens (including phenoxy) is 4. The molecule has 2 aromatic heterocycles. The molecule has 1 aliphatic rings. The highest BCUT2D eigenvalue weighted by molar-refractivity contribution is 7.17. The van der Waals surface area contributed by atoms with Gasteiger partial charge in [-0.25, -0.2) is 15.0 Å². The number of carbonyl (C=O) groups is 4. The molecule has 0 radical (unpaired) electrons. The highest BCUT2D eigenvalue weighted by Crippen LogP contribution is 2.34. The van der Waals surface area contributed by atoms with E-state index < -0.39 is 17.6 Å². The number of benzene rings is 2. The summed E-state index contributed by atoms with van der Waals surface area (Å²) in [6.07, 6.45) is 2.78. The molecular formula is C40H50ClN9O9S. The van der Waals surface area contributed by atoms with Crippen LogP contribution in [0.5, 0.6) is 11.5 Å². The van der Waals surface area contributed by atoms with Gasteiger partial charge >= 0.3 is 0 Å². The zero-order chi connectivity index (χ0) is 43.0. The smallest absolute Gasteiger partial charge is 0.267 e. The number of para-hydroxylation sites is 1.